The molecule has 0 radical (unpaired) electrons. The molecule has 0 amide bonds. The van der Waals surface area contributed by atoms with Crippen LogP contribution in [-0.4, -0.2) is 5.54 Å². The minimum Gasteiger partial charge on any atom is -0.325 e. The lowest BCUT2D eigenvalue weighted by Gasteiger charge is -2.07. The van der Waals surface area contributed by atoms with Gasteiger partial charge >= 0.3 is 0 Å². The minimum absolute atomic E-state index is 0.362. The van der Waals surface area contributed by atoms with Crippen molar-refractivity contribution in [1.82, 2.24) is 0 Å². The van der Waals surface area contributed by atoms with Crippen LogP contribution in [0.3, 0.4) is 0 Å². The number of hydrogen-bond acceptors (Lipinski definition) is 1. The summed E-state index contributed by atoms with van der Waals surface area (Å²) in [7, 11) is 0. The fourth-order valence-electron chi connectivity index (χ4n) is 2.52. The van der Waals surface area contributed by atoms with Gasteiger partial charge in [-0.3, -0.25) is 0 Å². The third kappa shape index (κ3) is 0.619. The average molecular weight is 137 g/mol. The lowest BCUT2D eigenvalue weighted by molar-refractivity contribution is 0.497. The maximum absolute atomic E-state index is 6.24. The van der Waals surface area contributed by atoms with Crippen molar-refractivity contribution in [3.8, 4) is 0 Å². The molecule has 0 aromatic rings. The summed E-state index contributed by atoms with van der Waals surface area (Å²) in [6.07, 6.45) is 7.19. The molecule has 0 bridgehead atoms. The van der Waals surface area contributed by atoms with Gasteiger partial charge in [0, 0.05) is 5.54 Å². The topological polar surface area (TPSA) is 26.0 Å². The first-order chi connectivity index (χ1) is 4.81. The lowest BCUT2D eigenvalue weighted by atomic mass is 10.1. The molecule has 0 saturated heterocycles. The van der Waals surface area contributed by atoms with Gasteiger partial charge in [0.2, 0.25) is 0 Å². The molecule has 2 N–H and O–H groups in total. The van der Waals surface area contributed by atoms with E-state index in [1.54, 1.807) is 0 Å². The van der Waals surface area contributed by atoms with Crippen LogP contribution in [0, 0.1) is 17.8 Å². The molecule has 0 spiro atoms. The quantitative estimate of drug-likeness (QED) is 0.613. The Morgan fingerprint density at radius 2 is 1.80 bits per heavy atom. The number of rotatable bonds is 2. The smallest absolute Gasteiger partial charge is 0.0218 e. The number of hydrogen-bond donors (Lipinski definition) is 1. The summed E-state index contributed by atoms with van der Waals surface area (Å²) in [4.78, 5) is 0. The van der Waals surface area contributed by atoms with Crippen molar-refractivity contribution < 1.29 is 0 Å². The van der Waals surface area contributed by atoms with E-state index in [2.05, 4.69) is 0 Å². The van der Waals surface area contributed by atoms with Gasteiger partial charge in [0.25, 0.3) is 0 Å². The van der Waals surface area contributed by atoms with Crippen LogP contribution >= 0.6 is 0 Å². The maximum Gasteiger partial charge on any atom is 0.0218 e. The lowest BCUT2D eigenvalue weighted by Crippen LogP contribution is -2.27. The molecule has 10 heavy (non-hydrogen) atoms. The van der Waals surface area contributed by atoms with E-state index in [-0.39, 0.29) is 0 Å². The fraction of sp³-hybridized carbons (Fsp3) is 1.00. The van der Waals surface area contributed by atoms with E-state index in [1.165, 1.54) is 32.1 Å². The maximum atomic E-state index is 6.24. The Morgan fingerprint density at radius 1 is 1.10 bits per heavy atom. The Labute approximate surface area is 62.0 Å². The molecule has 3 rings (SSSR count). The summed E-state index contributed by atoms with van der Waals surface area (Å²) in [5.74, 6) is 2.96. The molecule has 0 aromatic heterocycles. The molecule has 1 heteroatoms. The molecule has 3 aliphatic rings. The van der Waals surface area contributed by atoms with Gasteiger partial charge in [0.15, 0.2) is 0 Å². The van der Waals surface area contributed by atoms with Gasteiger partial charge < -0.3 is 5.73 Å². The van der Waals surface area contributed by atoms with Crippen molar-refractivity contribution in [2.45, 2.75) is 37.6 Å². The molecule has 2 unspecified atom stereocenters. The molecule has 0 heterocycles. The Balaban J connectivity index is 1.72. The van der Waals surface area contributed by atoms with E-state index >= 15 is 0 Å². The van der Waals surface area contributed by atoms with Crippen LogP contribution in [0.4, 0.5) is 0 Å². The first-order valence-electron chi connectivity index (χ1n) is 4.59. The van der Waals surface area contributed by atoms with E-state index in [1.807, 2.05) is 0 Å². The van der Waals surface area contributed by atoms with E-state index in [0.717, 1.165) is 17.8 Å². The van der Waals surface area contributed by atoms with Crippen LogP contribution in [0.2, 0.25) is 0 Å². The first-order valence-corrected chi connectivity index (χ1v) is 4.59. The molecule has 2 atom stereocenters. The van der Waals surface area contributed by atoms with E-state index < -0.39 is 0 Å². The molecule has 56 valence electrons. The van der Waals surface area contributed by atoms with Gasteiger partial charge in [-0.2, -0.15) is 0 Å². The molecular weight excluding hydrogens is 122 g/mol. The normalized spacial score (nSPS) is 53.1. The van der Waals surface area contributed by atoms with Crippen molar-refractivity contribution in [2.24, 2.45) is 23.5 Å². The van der Waals surface area contributed by atoms with Crippen molar-refractivity contribution in [3.63, 3.8) is 0 Å². The Kier molecular flexibility index (Phi) is 0.797. The molecule has 3 aliphatic carbocycles. The zero-order valence-electron chi connectivity index (χ0n) is 6.34. The summed E-state index contributed by atoms with van der Waals surface area (Å²) in [5, 5.41) is 0. The van der Waals surface area contributed by atoms with Gasteiger partial charge in [0.05, 0.1) is 0 Å². The highest BCUT2D eigenvalue weighted by Gasteiger charge is 2.63. The van der Waals surface area contributed by atoms with Crippen LogP contribution in [0.25, 0.3) is 0 Å². The van der Waals surface area contributed by atoms with E-state index in [0.29, 0.717) is 5.54 Å². The SMILES string of the molecule is NC1(C2CC2)CC1C1CC1. The van der Waals surface area contributed by atoms with Crippen molar-refractivity contribution in [1.29, 1.82) is 0 Å². The highest BCUT2D eigenvalue weighted by Crippen LogP contribution is 2.63. The summed E-state index contributed by atoms with van der Waals surface area (Å²) in [6.45, 7) is 0. The third-order valence-electron chi connectivity index (χ3n) is 3.63. The van der Waals surface area contributed by atoms with Gasteiger partial charge in [0.1, 0.15) is 0 Å². The standard InChI is InChI=1S/C9H15N/c10-9(7-3-4-7)5-8(9)6-1-2-6/h6-8H,1-5,10H2. The van der Waals surface area contributed by atoms with Gasteiger partial charge in [-0.1, -0.05) is 0 Å². The van der Waals surface area contributed by atoms with Gasteiger partial charge in [-0.15, -0.1) is 0 Å². The second kappa shape index (κ2) is 1.42. The van der Waals surface area contributed by atoms with Crippen molar-refractivity contribution in [2.75, 3.05) is 0 Å². The van der Waals surface area contributed by atoms with Crippen LogP contribution in [0.5, 0.6) is 0 Å². The Bertz CT molecular complexity index is 170. The zero-order chi connectivity index (χ0) is 6.77. The first kappa shape index (κ1) is 5.59. The second-order valence-electron chi connectivity index (χ2n) is 4.53. The Morgan fingerprint density at radius 3 is 2.30 bits per heavy atom. The van der Waals surface area contributed by atoms with Gasteiger partial charge in [-0.25, -0.2) is 0 Å². The van der Waals surface area contributed by atoms with E-state index in [4.69, 9.17) is 5.73 Å². The van der Waals surface area contributed by atoms with Crippen LogP contribution in [-0.2, 0) is 0 Å². The molecular formula is C9H15N. The molecule has 3 fully saturated rings. The minimum atomic E-state index is 0.362. The molecule has 1 nitrogen and oxygen atoms in total. The number of nitrogens with two attached hydrogens (primary N) is 1. The summed E-state index contributed by atoms with van der Waals surface area (Å²) >= 11 is 0. The van der Waals surface area contributed by atoms with Crippen LogP contribution in [0.15, 0.2) is 0 Å². The summed E-state index contributed by atoms with van der Waals surface area (Å²) in [6, 6.07) is 0. The second-order valence-corrected chi connectivity index (χ2v) is 4.53. The molecule has 0 aliphatic heterocycles. The van der Waals surface area contributed by atoms with Crippen LogP contribution in [0.1, 0.15) is 32.1 Å². The zero-order valence-corrected chi connectivity index (χ0v) is 6.34. The molecule has 3 saturated carbocycles. The largest absolute Gasteiger partial charge is 0.325 e. The van der Waals surface area contributed by atoms with Crippen LogP contribution < -0.4 is 5.73 Å². The molecule has 0 aromatic carbocycles. The average Bonchev–Trinajstić information content (AvgIpc) is 2.72. The monoisotopic (exact) mass is 137 g/mol. The highest BCUT2D eigenvalue weighted by atomic mass is 14.9. The Hall–Kier alpha value is -0.0400. The van der Waals surface area contributed by atoms with Crippen molar-refractivity contribution in [3.05, 3.63) is 0 Å². The highest BCUT2D eigenvalue weighted by molar-refractivity contribution is 5.19. The van der Waals surface area contributed by atoms with Crippen molar-refractivity contribution >= 4 is 0 Å². The fourth-order valence-corrected chi connectivity index (χ4v) is 2.52. The van der Waals surface area contributed by atoms with Gasteiger partial charge in [-0.05, 0) is 49.9 Å². The predicted molar refractivity (Wildman–Crippen MR) is 40.5 cm³/mol. The summed E-state index contributed by atoms with van der Waals surface area (Å²) < 4.78 is 0. The van der Waals surface area contributed by atoms with E-state index in [9.17, 15) is 0 Å². The third-order valence-corrected chi connectivity index (χ3v) is 3.63. The summed E-state index contributed by atoms with van der Waals surface area (Å²) in [5.41, 5.74) is 6.60. The predicted octanol–water partition coefficient (Wildman–Crippen LogP) is 1.52.